The maximum absolute atomic E-state index is 13.6. The molecule has 2 aliphatic rings. The molecule has 1 aliphatic carbocycles. The topological polar surface area (TPSA) is 77.0 Å². The molecule has 2 atom stereocenters. The van der Waals surface area contributed by atoms with Crippen molar-refractivity contribution in [2.75, 3.05) is 19.0 Å². The number of aliphatic imine (C=N–C) groups is 1. The maximum Gasteiger partial charge on any atom is 0.254 e. The van der Waals surface area contributed by atoms with E-state index in [2.05, 4.69) is 5.32 Å². The van der Waals surface area contributed by atoms with E-state index in [0.29, 0.717) is 35.7 Å². The molecular formula is C26H28N2O4. The Morgan fingerprint density at radius 3 is 2.56 bits per heavy atom. The van der Waals surface area contributed by atoms with Crippen LogP contribution < -0.4 is 14.8 Å². The molecule has 6 heteroatoms. The number of methoxy groups -OCH3 is 1. The fourth-order valence-corrected chi connectivity index (χ4v) is 4.65. The first-order chi connectivity index (χ1) is 15.5. The van der Waals surface area contributed by atoms with Gasteiger partial charge in [-0.05, 0) is 56.5 Å². The maximum atomic E-state index is 13.6. The van der Waals surface area contributed by atoms with E-state index >= 15 is 0 Å². The van der Waals surface area contributed by atoms with Gasteiger partial charge in [0.2, 0.25) is 0 Å². The Labute approximate surface area is 188 Å². The molecule has 0 spiro atoms. The fourth-order valence-electron chi connectivity index (χ4n) is 4.65. The van der Waals surface area contributed by atoms with Crippen LogP contribution in [-0.4, -0.2) is 31.1 Å². The molecule has 0 aromatic heterocycles. The molecule has 1 heterocycles. The van der Waals surface area contributed by atoms with Crippen molar-refractivity contribution in [1.82, 2.24) is 0 Å². The molecule has 166 valence electrons. The molecule has 32 heavy (non-hydrogen) atoms. The summed E-state index contributed by atoms with van der Waals surface area (Å²) in [7, 11) is 1.57. The first-order valence-corrected chi connectivity index (χ1v) is 11.0. The summed E-state index contributed by atoms with van der Waals surface area (Å²) in [6.45, 7) is 4.36. The number of ether oxygens (including phenoxy) is 2. The van der Waals surface area contributed by atoms with Crippen molar-refractivity contribution in [3.05, 3.63) is 65.4 Å². The van der Waals surface area contributed by atoms with E-state index in [1.807, 2.05) is 50.2 Å². The molecule has 1 aliphatic heterocycles. The number of anilines is 1. The van der Waals surface area contributed by atoms with Crippen LogP contribution in [0.1, 0.15) is 44.6 Å². The van der Waals surface area contributed by atoms with Gasteiger partial charge in [0.15, 0.2) is 0 Å². The Hall–Kier alpha value is -3.41. The summed E-state index contributed by atoms with van der Waals surface area (Å²) in [6.07, 6.45) is 2.10. The second-order valence-corrected chi connectivity index (χ2v) is 8.03. The zero-order chi connectivity index (χ0) is 22.7. The third-order valence-corrected chi connectivity index (χ3v) is 6.06. The van der Waals surface area contributed by atoms with Crippen molar-refractivity contribution in [1.29, 1.82) is 0 Å². The van der Waals surface area contributed by atoms with Gasteiger partial charge in [-0.1, -0.05) is 24.3 Å². The van der Waals surface area contributed by atoms with E-state index in [0.717, 1.165) is 29.9 Å². The first-order valence-electron chi connectivity index (χ1n) is 11.0. The molecule has 2 aromatic rings. The minimum atomic E-state index is -0.413. The Kier molecular flexibility index (Phi) is 6.40. The van der Waals surface area contributed by atoms with Crippen LogP contribution in [0.5, 0.6) is 11.5 Å². The van der Waals surface area contributed by atoms with Crippen LogP contribution >= 0.6 is 0 Å². The monoisotopic (exact) mass is 432 g/mol. The van der Waals surface area contributed by atoms with Gasteiger partial charge in [-0.2, -0.15) is 0 Å². The number of rotatable bonds is 6. The van der Waals surface area contributed by atoms with Crippen LogP contribution in [0.25, 0.3) is 0 Å². The smallest absolute Gasteiger partial charge is 0.254 e. The highest BCUT2D eigenvalue weighted by molar-refractivity contribution is 6.14. The number of Topliss-reactive ketones (excluding diaryl/α,β-unsaturated/α-hetero) is 1. The predicted molar refractivity (Wildman–Crippen MR) is 124 cm³/mol. The lowest BCUT2D eigenvalue weighted by Crippen LogP contribution is -2.39. The lowest BCUT2D eigenvalue weighted by Gasteiger charge is -2.36. The number of nitrogens with zero attached hydrogens (tertiary/aromatic N) is 1. The molecule has 0 saturated heterocycles. The van der Waals surface area contributed by atoms with Crippen molar-refractivity contribution in [2.45, 2.75) is 39.0 Å². The summed E-state index contributed by atoms with van der Waals surface area (Å²) < 4.78 is 11.0. The third kappa shape index (κ3) is 4.17. The highest BCUT2D eigenvalue weighted by Gasteiger charge is 2.43. The molecule has 6 nitrogen and oxygen atoms in total. The number of hydrogen-bond acceptors (Lipinski definition) is 5. The number of allylic oxidation sites excluding steroid dienone is 1. The van der Waals surface area contributed by atoms with E-state index in [1.54, 1.807) is 19.2 Å². The van der Waals surface area contributed by atoms with Crippen LogP contribution in [-0.2, 0) is 9.59 Å². The minimum absolute atomic E-state index is 0.143. The van der Waals surface area contributed by atoms with E-state index in [-0.39, 0.29) is 17.6 Å². The van der Waals surface area contributed by atoms with Gasteiger partial charge in [-0.25, -0.2) is 0 Å². The van der Waals surface area contributed by atoms with Crippen molar-refractivity contribution < 1.29 is 19.1 Å². The average molecular weight is 433 g/mol. The summed E-state index contributed by atoms with van der Waals surface area (Å²) in [6, 6.07) is 15.0. The number of carbonyl (C=O) groups excluding carboxylic acids is 2. The molecule has 0 radical (unpaired) electrons. The highest BCUT2D eigenvalue weighted by atomic mass is 16.5. The predicted octanol–water partition coefficient (Wildman–Crippen LogP) is 4.91. The fraction of sp³-hybridized carbons (Fsp3) is 0.346. The summed E-state index contributed by atoms with van der Waals surface area (Å²) in [5.74, 6) is 0.405. The second kappa shape index (κ2) is 9.39. The number of fused-ring (bicyclic) bond motifs is 1. The normalized spacial score (nSPS) is 20.3. The number of para-hydroxylation sites is 2. The van der Waals surface area contributed by atoms with Crippen LogP contribution in [0.3, 0.4) is 0 Å². The quantitative estimate of drug-likeness (QED) is 0.703. The molecule has 0 bridgehead atoms. The SMILES string of the molecule is CCOc1ccc([C@H]2C(C(=O)Nc3ccccc3OC)=C(C)N=C3CCCC(=O)C32)cc1. The Bertz CT molecular complexity index is 1090. The van der Waals surface area contributed by atoms with Gasteiger partial charge in [0.05, 0.1) is 25.3 Å². The zero-order valence-electron chi connectivity index (χ0n) is 18.7. The number of carbonyl (C=O) groups is 2. The van der Waals surface area contributed by atoms with Gasteiger partial charge >= 0.3 is 0 Å². The van der Waals surface area contributed by atoms with Gasteiger partial charge < -0.3 is 14.8 Å². The third-order valence-electron chi connectivity index (χ3n) is 6.06. The van der Waals surface area contributed by atoms with Crippen LogP contribution in [0.4, 0.5) is 5.69 Å². The Morgan fingerprint density at radius 1 is 1.09 bits per heavy atom. The van der Waals surface area contributed by atoms with Gasteiger partial charge in [0.25, 0.3) is 5.91 Å². The molecule has 1 N–H and O–H groups in total. The minimum Gasteiger partial charge on any atom is -0.495 e. The highest BCUT2D eigenvalue weighted by Crippen LogP contribution is 2.43. The molecule has 4 rings (SSSR count). The van der Waals surface area contributed by atoms with Gasteiger partial charge in [0, 0.05) is 29.3 Å². The van der Waals surface area contributed by atoms with Crippen molar-refractivity contribution >= 4 is 23.1 Å². The van der Waals surface area contributed by atoms with E-state index in [4.69, 9.17) is 14.5 Å². The lowest BCUT2D eigenvalue weighted by atomic mass is 9.69. The number of amides is 1. The number of nitrogens with one attached hydrogen (secondary N) is 1. The number of benzene rings is 2. The van der Waals surface area contributed by atoms with Gasteiger partial charge in [-0.3, -0.25) is 14.6 Å². The van der Waals surface area contributed by atoms with Crippen molar-refractivity contribution in [3.8, 4) is 11.5 Å². The summed E-state index contributed by atoms with van der Waals surface area (Å²) in [5, 5.41) is 2.98. The second-order valence-electron chi connectivity index (χ2n) is 8.03. The zero-order valence-corrected chi connectivity index (χ0v) is 18.7. The standard InChI is InChI=1S/C26H28N2O4/c1-4-32-18-14-12-17(13-15-18)24-23(16(2)27-20-9-7-10-21(29)25(20)24)26(30)28-19-8-5-6-11-22(19)31-3/h5-6,8,11-15,24-25H,4,7,9-10H2,1-3H3,(H,28,30)/t24-,25?/m0/s1. The van der Waals surface area contributed by atoms with Crippen molar-refractivity contribution in [2.24, 2.45) is 10.9 Å². The molecule has 1 fully saturated rings. The first kappa shape index (κ1) is 21.8. The largest absolute Gasteiger partial charge is 0.495 e. The van der Waals surface area contributed by atoms with Gasteiger partial charge in [0.1, 0.15) is 17.3 Å². The molecule has 1 saturated carbocycles. The van der Waals surface area contributed by atoms with Crippen molar-refractivity contribution in [3.63, 3.8) is 0 Å². The van der Waals surface area contributed by atoms with Crippen LogP contribution in [0.15, 0.2) is 64.8 Å². The van der Waals surface area contributed by atoms with E-state index < -0.39 is 5.92 Å². The van der Waals surface area contributed by atoms with Crippen LogP contribution in [0.2, 0.25) is 0 Å². The Balaban J connectivity index is 1.76. The molecule has 2 aromatic carbocycles. The summed E-state index contributed by atoms with van der Waals surface area (Å²) in [4.78, 5) is 31.3. The molecular weight excluding hydrogens is 404 g/mol. The summed E-state index contributed by atoms with van der Waals surface area (Å²) in [5.41, 5.74) is 3.54. The van der Waals surface area contributed by atoms with E-state index in [1.165, 1.54) is 0 Å². The Morgan fingerprint density at radius 2 is 1.84 bits per heavy atom. The number of ketones is 1. The van der Waals surface area contributed by atoms with E-state index in [9.17, 15) is 9.59 Å². The number of hydrogen-bond donors (Lipinski definition) is 1. The molecule has 1 amide bonds. The van der Waals surface area contributed by atoms with Crippen LogP contribution in [0, 0.1) is 5.92 Å². The molecule has 1 unspecified atom stereocenters. The average Bonchev–Trinajstić information content (AvgIpc) is 2.79. The lowest BCUT2D eigenvalue weighted by molar-refractivity contribution is -0.122. The van der Waals surface area contributed by atoms with Gasteiger partial charge in [-0.15, -0.1) is 0 Å². The summed E-state index contributed by atoms with van der Waals surface area (Å²) >= 11 is 0.